The first-order valence-electron chi connectivity index (χ1n) is 4.09. The number of hydrogen-bond acceptors (Lipinski definition) is 4. The van der Waals surface area contributed by atoms with Crippen LogP contribution in [-0.2, 0) is 11.3 Å². The van der Waals surface area contributed by atoms with Crippen molar-refractivity contribution >= 4 is 27.9 Å². The fraction of sp³-hybridized carbons (Fsp3) is 0.429. The highest BCUT2D eigenvalue weighted by Gasteiger charge is 2.27. The van der Waals surface area contributed by atoms with Gasteiger partial charge in [-0.15, -0.1) is 0 Å². The van der Waals surface area contributed by atoms with Crippen LogP contribution in [0, 0.1) is 0 Å². The van der Waals surface area contributed by atoms with Gasteiger partial charge in [0.2, 0.25) is 4.96 Å². The van der Waals surface area contributed by atoms with Gasteiger partial charge in [0.25, 0.3) is 0 Å². The molecule has 0 saturated carbocycles. The van der Waals surface area contributed by atoms with Gasteiger partial charge in [-0.2, -0.15) is 18.3 Å². The van der Waals surface area contributed by atoms with E-state index in [1.165, 1.54) is 10.7 Å². The summed E-state index contributed by atoms with van der Waals surface area (Å²) in [5, 5.41) is 4.66. The Morgan fingerprint density at radius 3 is 2.88 bits per heavy atom. The molecule has 0 unspecified atom stereocenters. The van der Waals surface area contributed by atoms with Gasteiger partial charge in [0.15, 0.2) is 5.15 Å². The van der Waals surface area contributed by atoms with Crippen LogP contribution >= 0.6 is 22.9 Å². The number of imidazole rings is 1. The molecular weight excluding hydrogens is 267 g/mol. The Morgan fingerprint density at radius 2 is 2.25 bits per heavy atom. The van der Waals surface area contributed by atoms with Crippen LogP contribution in [0.15, 0.2) is 6.20 Å². The molecule has 9 heteroatoms. The highest BCUT2D eigenvalue weighted by molar-refractivity contribution is 7.16. The minimum absolute atomic E-state index is 0.189. The monoisotopic (exact) mass is 271 g/mol. The smallest absolute Gasteiger partial charge is 0.365 e. The lowest BCUT2D eigenvalue weighted by Gasteiger charge is -2.04. The van der Waals surface area contributed by atoms with E-state index < -0.39 is 12.8 Å². The Hall–Kier alpha value is -0.860. The molecule has 0 aliphatic heterocycles. The van der Waals surface area contributed by atoms with E-state index in [4.69, 9.17) is 11.6 Å². The van der Waals surface area contributed by atoms with Gasteiger partial charge < -0.3 is 4.74 Å². The van der Waals surface area contributed by atoms with Crippen molar-refractivity contribution in [3.8, 4) is 0 Å². The Kier molecular flexibility index (Phi) is 3.04. The van der Waals surface area contributed by atoms with Crippen LogP contribution < -0.4 is 0 Å². The average Bonchev–Trinajstić information content (AvgIpc) is 2.58. The predicted octanol–water partition coefficient (Wildman–Crippen LogP) is 2.52. The molecule has 0 aliphatic rings. The standard InChI is InChI=1S/C7H5ClF3N3OS/c8-4-1-14-6(12-4)16-5(13-14)2-15-3-7(9,10)11/h1H,2-3H2. The predicted molar refractivity (Wildman–Crippen MR) is 51.6 cm³/mol. The Labute approximate surface area is 96.6 Å². The zero-order valence-electron chi connectivity index (χ0n) is 7.66. The van der Waals surface area contributed by atoms with Crippen LogP contribution in [0.1, 0.15) is 5.01 Å². The lowest BCUT2D eigenvalue weighted by molar-refractivity contribution is -0.176. The van der Waals surface area contributed by atoms with E-state index in [2.05, 4.69) is 14.8 Å². The van der Waals surface area contributed by atoms with E-state index in [0.29, 0.717) is 15.1 Å². The number of halogens is 4. The quantitative estimate of drug-likeness (QED) is 0.861. The van der Waals surface area contributed by atoms with Gasteiger partial charge >= 0.3 is 6.18 Å². The summed E-state index contributed by atoms with van der Waals surface area (Å²) >= 11 is 6.73. The van der Waals surface area contributed by atoms with Crippen LogP contribution in [0.25, 0.3) is 4.96 Å². The zero-order chi connectivity index (χ0) is 11.8. The topological polar surface area (TPSA) is 39.4 Å². The molecule has 0 bridgehead atoms. The molecule has 0 atom stereocenters. The molecular formula is C7H5ClF3N3OS. The number of alkyl halides is 3. The molecule has 2 heterocycles. The minimum Gasteiger partial charge on any atom is -0.365 e. The van der Waals surface area contributed by atoms with Crippen molar-refractivity contribution in [1.82, 2.24) is 14.6 Å². The van der Waals surface area contributed by atoms with E-state index in [9.17, 15) is 13.2 Å². The van der Waals surface area contributed by atoms with E-state index in [1.54, 1.807) is 0 Å². The van der Waals surface area contributed by atoms with Crippen molar-refractivity contribution in [3.05, 3.63) is 16.4 Å². The molecule has 0 spiro atoms. The molecule has 2 aromatic rings. The summed E-state index contributed by atoms with van der Waals surface area (Å²) in [6.45, 7) is -1.47. The largest absolute Gasteiger partial charge is 0.411 e. The second kappa shape index (κ2) is 4.19. The molecule has 0 N–H and O–H groups in total. The normalized spacial score (nSPS) is 12.5. The summed E-state index contributed by atoms with van der Waals surface area (Å²) in [5.74, 6) is 0. The van der Waals surface area contributed by atoms with Crippen molar-refractivity contribution in [2.24, 2.45) is 0 Å². The Balaban J connectivity index is 1.97. The SMILES string of the molecule is FC(F)(F)COCc1nn2cc(Cl)nc2s1. The molecule has 4 nitrogen and oxygen atoms in total. The first kappa shape index (κ1) is 11.6. The summed E-state index contributed by atoms with van der Waals surface area (Å²) in [5.41, 5.74) is 0. The first-order chi connectivity index (χ1) is 7.44. The molecule has 0 amide bonds. The number of ether oxygens (including phenoxy) is 1. The van der Waals surface area contributed by atoms with Crippen molar-refractivity contribution in [3.63, 3.8) is 0 Å². The maximum Gasteiger partial charge on any atom is 0.411 e. The zero-order valence-corrected chi connectivity index (χ0v) is 9.23. The molecule has 2 rings (SSSR count). The van der Waals surface area contributed by atoms with Crippen LogP contribution in [0.5, 0.6) is 0 Å². The molecule has 0 aliphatic carbocycles. The summed E-state index contributed by atoms with van der Waals surface area (Å²) in [4.78, 5) is 4.42. The van der Waals surface area contributed by atoms with E-state index >= 15 is 0 Å². The fourth-order valence-corrected chi connectivity index (χ4v) is 2.06. The van der Waals surface area contributed by atoms with Crippen LogP contribution in [0.2, 0.25) is 5.15 Å². The van der Waals surface area contributed by atoms with Gasteiger partial charge in [-0.1, -0.05) is 22.9 Å². The number of fused-ring (bicyclic) bond motifs is 1. The summed E-state index contributed by atoms with van der Waals surface area (Å²) in [6.07, 6.45) is -2.85. The molecule has 0 radical (unpaired) electrons. The van der Waals surface area contributed by atoms with Gasteiger partial charge in [-0.05, 0) is 0 Å². The molecule has 0 fully saturated rings. The highest BCUT2D eigenvalue weighted by Crippen LogP contribution is 2.19. The third kappa shape index (κ3) is 2.83. The molecule has 2 aromatic heterocycles. The van der Waals surface area contributed by atoms with E-state index in [0.717, 1.165) is 11.3 Å². The van der Waals surface area contributed by atoms with Crippen molar-refractivity contribution < 1.29 is 17.9 Å². The van der Waals surface area contributed by atoms with Crippen molar-refractivity contribution in [2.75, 3.05) is 6.61 Å². The maximum absolute atomic E-state index is 11.8. The van der Waals surface area contributed by atoms with Crippen LogP contribution in [-0.4, -0.2) is 27.4 Å². The van der Waals surface area contributed by atoms with Crippen LogP contribution in [0.3, 0.4) is 0 Å². The third-order valence-electron chi connectivity index (χ3n) is 1.55. The summed E-state index contributed by atoms with van der Waals surface area (Å²) < 4.78 is 41.2. The molecule has 16 heavy (non-hydrogen) atoms. The van der Waals surface area contributed by atoms with Gasteiger partial charge in [0.1, 0.15) is 18.2 Å². The maximum atomic E-state index is 11.8. The van der Waals surface area contributed by atoms with E-state index in [1.807, 2.05) is 0 Å². The Bertz CT molecular complexity index is 463. The highest BCUT2D eigenvalue weighted by atomic mass is 35.5. The second-order valence-electron chi connectivity index (χ2n) is 2.89. The lowest BCUT2D eigenvalue weighted by Crippen LogP contribution is -2.16. The summed E-state index contributed by atoms with van der Waals surface area (Å²) in [7, 11) is 0. The number of aromatic nitrogens is 3. The second-order valence-corrected chi connectivity index (χ2v) is 4.32. The molecule has 88 valence electrons. The minimum atomic E-state index is -4.32. The number of hydrogen-bond donors (Lipinski definition) is 0. The third-order valence-corrected chi connectivity index (χ3v) is 2.63. The average molecular weight is 272 g/mol. The Morgan fingerprint density at radius 1 is 1.50 bits per heavy atom. The van der Waals surface area contributed by atoms with Gasteiger partial charge in [0, 0.05) is 0 Å². The van der Waals surface area contributed by atoms with Crippen LogP contribution in [0.4, 0.5) is 13.2 Å². The van der Waals surface area contributed by atoms with Gasteiger partial charge in [0.05, 0.1) is 6.20 Å². The van der Waals surface area contributed by atoms with E-state index in [-0.39, 0.29) is 6.61 Å². The summed E-state index contributed by atoms with van der Waals surface area (Å²) in [6, 6.07) is 0. The van der Waals surface area contributed by atoms with Crippen molar-refractivity contribution in [1.29, 1.82) is 0 Å². The number of nitrogens with zero attached hydrogens (tertiary/aromatic N) is 3. The molecule has 0 aromatic carbocycles. The number of rotatable bonds is 3. The molecule has 0 saturated heterocycles. The first-order valence-corrected chi connectivity index (χ1v) is 5.28. The van der Waals surface area contributed by atoms with Gasteiger partial charge in [-0.25, -0.2) is 9.50 Å². The lowest BCUT2D eigenvalue weighted by atomic mass is 10.7. The van der Waals surface area contributed by atoms with Gasteiger partial charge in [-0.3, -0.25) is 0 Å². The van der Waals surface area contributed by atoms with Crippen molar-refractivity contribution in [2.45, 2.75) is 12.8 Å². The fourth-order valence-electron chi connectivity index (χ4n) is 1.03.